The van der Waals surface area contributed by atoms with Gasteiger partial charge in [0.25, 0.3) is 0 Å². The molecule has 0 aromatic carbocycles. The van der Waals surface area contributed by atoms with Crippen LogP contribution in [0.2, 0.25) is 0 Å². The van der Waals surface area contributed by atoms with Crippen molar-refractivity contribution in [3.63, 3.8) is 0 Å². The number of hydrogen-bond acceptors (Lipinski definition) is 4. The number of nitrogens with two attached hydrogens (primary N) is 1. The Hall–Kier alpha value is 1.36. The Morgan fingerprint density at radius 3 is 2.56 bits per heavy atom. The zero-order valence-corrected chi connectivity index (χ0v) is 9.20. The smallest absolute Gasteiger partial charge is 0.162 e. The molecular weight excluding hydrogens is 269 g/mol. The summed E-state index contributed by atoms with van der Waals surface area (Å²) >= 11 is 0. The summed E-state index contributed by atoms with van der Waals surface area (Å²) in [5.74, 6) is 4.50. The molecule has 0 aliphatic rings. The Kier molecular flexibility index (Phi) is 13.5. The molecule has 0 saturated heterocycles. The topological polar surface area (TPSA) is 61.5 Å². The largest absolute Gasteiger partial charge is 0.716 e. The minimum Gasteiger partial charge on any atom is -0.162 e. The van der Waals surface area contributed by atoms with E-state index in [0.29, 0.717) is 6.61 Å². The zero-order valence-electron chi connectivity index (χ0n) is 5.16. The van der Waals surface area contributed by atoms with Crippen LogP contribution in [0.25, 0.3) is 0 Å². The molecule has 0 aromatic heterocycles. The third-order valence-corrected chi connectivity index (χ3v) is 1.05. The van der Waals surface area contributed by atoms with Gasteiger partial charge >= 0.3 is 8.25 Å². The van der Waals surface area contributed by atoms with Crippen molar-refractivity contribution < 1.29 is 55.5 Å². The molecule has 2 N–H and O–H groups in total. The van der Waals surface area contributed by atoms with Crippen LogP contribution in [0.1, 0.15) is 13.3 Å². The van der Waals surface area contributed by atoms with E-state index < -0.39 is 8.25 Å². The first-order valence-electron chi connectivity index (χ1n) is 2.28. The molecule has 0 fully saturated rings. The van der Waals surface area contributed by atoms with Gasteiger partial charge in [0.2, 0.25) is 0 Å². The molecule has 0 rings (SSSR count). The maximum absolute atomic E-state index is 10.1. The molecule has 9 heavy (non-hydrogen) atoms. The van der Waals surface area contributed by atoms with Crippen molar-refractivity contribution in [3.05, 3.63) is 0 Å². The van der Waals surface area contributed by atoms with Crippen LogP contribution in [0.5, 0.6) is 0 Å². The van der Waals surface area contributed by atoms with Gasteiger partial charge in [-0.25, -0.2) is 0 Å². The standard InChI is InChI=1S/C3H9NO3P.Ce/c1-2-3-6-8(5)7-4;/h2-4H2,1H3;/q+1;. The van der Waals surface area contributed by atoms with Gasteiger partial charge in [0.1, 0.15) is 6.61 Å². The van der Waals surface area contributed by atoms with Crippen molar-refractivity contribution in [2.24, 2.45) is 5.90 Å². The molecule has 0 aromatic rings. The number of hydrogen-bond donors (Lipinski definition) is 1. The van der Waals surface area contributed by atoms with Crippen LogP contribution in [0.15, 0.2) is 0 Å². The minimum absolute atomic E-state index is 0. The van der Waals surface area contributed by atoms with Gasteiger partial charge in [-0.15, -0.1) is 4.52 Å². The summed E-state index contributed by atoms with van der Waals surface area (Å²) < 4.78 is 18.5. The third kappa shape index (κ3) is 9.36. The molecule has 1 unspecified atom stereocenters. The predicted molar refractivity (Wildman–Crippen MR) is 29.1 cm³/mol. The first-order valence-corrected chi connectivity index (χ1v) is 3.37. The van der Waals surface area contributed by atoms with E-state index >= 15 is 0 Å². The van der Waals surface area contributed by atoms with Gasteiger partial charge in [-0.2, -0.15) is 5.90 Å². The number of rotatable bonds is 4. The fourth-order valence-corrected chi connectivity index (χ4v) is 0.589. The molecule has 0 aliphatic carbocycles. The van der Waals surface area contributed by atoms with Crippen molar-refractivity contribution in [1.29, 1.82) is 0 Å². The van der Waals surface area contributed by atoms with E-state index in [1.807, 2.05) is 6.92 Å². The average molecular weight is 278 g/mol. The van der Waals surface area contributed by atoms with Gasteiger partial charge in [0.05, 0.1) is 0 Å². The monoisotopic (exact) mass is 278 g/mol. The first kappa shape index (κ1) is 13.0. The summed E-state index contributed by atoms with van der Waals surface area (Å²) in [4.78, 5) is 0. The van der Waals surface area contributed by atoms with Crippen LogP contribution in [-0.2, 0) is 13.7 Å². The van der Waals surface area contributed by atoms with Gasteiger partial charge < -0.3 is 0 Å². The first-order chi connectivity index (χ1) is 3.81. The van der Waals surface area contributed by atoms with E-state index in [-0.39, 0.29) is 41.7 Å². The van der Waals surface area contributed by atoms with Crippen molar-refractivity contribution in [2.75, 3.05) is 6.61 Å². The molecule has 0 spiro atoms. The molecule has 0 heterocycles. The van der Waals surface area contributed by atoms with Gasteiger partial charge in [-0.3, -0.25) is 0 Å². The molecular formula is C3H9CeNO3P+. The fraction of sp³-hybridized carbons (Fsp3) is 1.00. The van der Waals surface area contributed by atoms with Crippen LogP contribution in [0, 0.1) is 41.7 Å². The summed E-state index contributed by atoms with van der Waals surface area (Å²) in [6.45, 7) is 2.33. The van der Waals surface area contributed by atoms with E-state index in [4.69, 9.17) is 0 Å². The minimum atomic E-state index is -2.06. The molecule has 1 atom stereocenters. The second kappa shape index (κ2) is 9.36. The predicted octanol–water partition coefficient (Wildman–Crippen LogP) is 0.961. The zero-order chi connectivity index (χ0) is 6.41. The third-order valence-electron chi connectivity index (χ3n) is 0.487. The van der Waals surface area contributed by atoms with E-state index in [1.54, 1.807) is 0 Å². The van der Waals surface area contributed by atoms with Crippen molar-refractivity contribution in [1.82, 2.24) is 0 Å². The Bertz CT molecular complexity index is 81.5. The van der Waals surface area contributed by atoms with Gasteiger partial charge in [-0.1, -0.05) is 6.92 Å². The summed E-state index contributed by atoms with van der Waals surface area (Å²) in [6.07, 6.45) is 0.810. The SMILES string of the molecule is CCCO[P+](=O)ON.[Ce]. The van der Waals surface area contributed by atoms with Crippen LogP contribution in [0.4, 0.5) is 0 Å². The summed E-state index contributed by atoms with van der Waals surface area (Å²) in [5, 5.41) is 0. The summed E-state index contributed by atoms with van der Waals surface area (Å²) in [7, 11) is -2.06. The second-order valence-electron chi connectivity index (χ2n) is 1.16. The normalized spacial score (nSPS) is 10.2. The van der Waals surface area contributed by atoms with Crippen LogP contribution >= 0.6 is 8.25 Å². The molecule has 0 bridgehead atoms. The maximum atomic E-state index is 10.1. The summed E-state index contributed by atoms with van der Waals surface area (Å²) in [5.41, 5.74) is 0. The van der Waals surface area contributed by atoms with Gasteiger partial charge in [0, 0.05) is 46.3 Å². The molecule has 0 saturated carbocycles. The Morgan fingerprint density at radius 1 is 1.67 bits per heavy atom. The molecule has 52 valence electrons. The molecule has 0 radical (unpaired) electrons. The van der Waals surface area contributed by atoms with Gasteiger partial charge in [0.15, 0.2) is 0 Å². The quantitative estimate of drug-likeness (QED) is 0.614. The van der Waals surface area contributed by atoms with E-state index in [2.05, 4.69) is 15.0 Å². The van der Waals surface area contributed by atoms with Gasteiger partial charge in [-0.05, 0) is 11.0 Å². The Labute approximate surface area is 88.8 Å². The van der Waals surface area contributed by atoms with Crippen molar-refractivity contribution in [2.45, 2.75) is 13.3 Å². The fourth-order valence-electron chi connectivity index (χ4n) is 0.196. The second-order valence-corrected chi connectivity index (χ2v) is 2.08. The average Bonchev–Trinajstić information content (AvgIpc) is 1.83. The van der Waals surface area contributed by atoms with Crippen LogP contribution in [0.3, 0.4) is 0 Å². The molecule has 4 nitrogen and oxygen atoms in total. The van der Waals surface area contributed by atoms with E-state index in [0.717, 1.165) is 6.42 Å². The van der Waals surface area contributed by atoms with Crippen molar-refractivity contribution in [3.8, 4) is 0 Å². The molecule has 6 heteroatoms. The molecule has 0 amide bonds. The maximum Gasteiger partial charge on any atom is 0.716 e. The van der Waals surface area contributed by atoms with E-state index in [1.165, 1.54) is 0 Å². The van der Waals surface area contributed by atoms with Crippen LogP contribution < -0.4 is 5.90 Å². The Balaban J connectivity index is 0. The van der Waals surface area contributed by atoms with E-state index in [9.17, 15) is 4.57 Å². The van der Waals surface area contributed by atoms with Crippen molar-refractivity contribution >= 4 is 8.25 Å². The molecule has 0 aliphatic heterocycles. The van der Waals surface area contributed by atoms with Crippen LogP contribution in [-0.4, -0.2) is 6.61 Å². The Morgan fingerprint density at radius 2 is 2.22 bits per heavy atom. The summed E-state index contributed by atoms with van der Waals surface area (Å²) in [6, 6.07) is 0.